The Morgan fingerprint density at radius 3 is 1.95 bits per heavy atom. The third-order valence-electron chi connectivity index (χ3n) is 3.03. The Labute approximate surface area is 109 Å². The van der Waals surface area contributed by atoms with E-state index in [1.54, 1.807) is 48.7 Å². The van der Waals surface area contributed by atoms with Crippen molar-refractivity contribution >= 4 is 0 Å². The molecule has 1 aromatic heterocycles. The standard InChI is InChI=1S/C16H11F2N/c17-14-7-3-1-5-12(14)11-9-16(19-10-11)13-6-2-4-8-15(13)18/h1-10,19H. The molecule has 0 atom stereocenters. The van der Waals surface area contributed by atoms with Gasteiger partial charge in [0.1, 0.15) is 11.6 Å². The number of hydrogen-bond donors (Lipinski definition) is 1. The minimum absolute atomic E-state index is 0.290. The van der Waals surface area contributed by atoms with Gasteiger partial charge in [-0.3, -0.25) is 0 Å². The maximum Gasteiger partial charge on any atom is 0.132 e. The predicted molar refractivity (Wildman–Crippen MR) is 71.6 cm³/mol. The summed E-state index contributed by atoms with van der Waals surface area (Å²) in [4.78, 5) is 2.98. The molecule has 3 rings (SSSR count). The van der Waals surface area contributed by atoms with E-state index in [-0.39, 0.29) is 11.6 Å². The lowest BCUT2D eigenvalue weighted by Crippen LogP contribution is -1.82. The quantitative estimate of drug-likeness (QED) is 0.687. The average molecular weight is 255 g/mol. The maximum absolute atomic E-state index is 13.7. The van der Waals surface area contributed by atoms with Gasteiger partial charge < -0.3 is 4.98 Å². The number of hydrogen-bond acceptors (Lipinski definition) is 0. The molecule has 0 saturated carbocycles. The highest BCUT2D eigenvalue weighted by molar-refractivity contribution is 5.71. The van der Waals surface area contributed by atoms with Crippen LogP contribution in [0.1, 0.15) is 0 Å². The second-order valence-electron chi connectivity index (χ2n) is 4.26. The van der Waals surface area contributed by atoms with E-state index in [1.807, 2.05) is 0 Å². The smallest absolute Gasteiger partial charge is 0.132 e. The zero-order valence-electron chi connectivity index (χ0n) is 10.0. The highest BCUT2D eigenvalue weighted by atomic mass is 19.1. The number of H-pyrrole nitrogens is 1. The minimum Gasteiger partial charge on any atom is -0.360 e. The number of nitrogens with one attached hydrogen (secondary N) is 1. The molecule has 1 N–H and O–H groups in total. The second kappa shape index (κ2) is 4.69. The van der Waals surface area contributed by atoms with Crippen LogP contribution in [0.15, 0.2) is 60.8 Å². The fourth-order valence-corrected chi connectivity index (χ4v) is 2.08. The summed E-state index contributed by atoms with van der Waals surface area (Å²) in [5.74, 6) is -0.592. The Bertz CT molecular complexity index is 656. The largest absolute Gasteiger partial charge is 0.360 e. The number of aromatic nitrogens is 1. The highest BCUT2D eigenvalue weighted by Gasteiger charge is 2.09. The second-order valence-corrected chi connectivity index (χ2v) is 4.26. The highest BCUT2D eigenvalue weighted by Crippen LogP contribution is 2.28. The molecular formula is C16H11F2N. The maximum atomic E-state index is 13.7. The van der Waals surface area contributed by atoms with Crippen molar-refractivity contribution in [1.29, 1.82) is 0 Å². The molecule has 0 fully saturated rings. The molecule has 19 heavy (non-hydrogen) atoms. The van der Waals surface area contributed by atoms with E-state index < -0.39 is 0 Å². The molecule has 0 aliphatic rings. The van der Waals surface area contributed by atoms with Gasteiger partial charge in [0.25, 0.3) is 0 Å². The fourth-order valence-electron chi connectivity index (χ4n) is 2.08. The Morgan fingerprint density at radius 2 is 1.32 bits per heavy atom. The normalized spacial score (nSPS) is 10.6. The monoisotopic (exact) mass is 255 g/mol. The SMILES string of the molecule is Fc1ccccc1-c1c[nH]c(-c2ccccc2F)c1. The Morgan fingerprint density at radius 1 is 0.737 bits per heavy atom. The van der Waals surface area contributed by atoms with Crippen LogP contribution in [-0.4, -0.2) is 4.98 Å². The summed E-state index contributed by atoms with van der Waals surface area (Å²) in [6, 6.07) is 14.8. The van der Waals surface area contributed by atoms with Gasteiger partial charge in [0.15, 0.2) is 0 Å². The Kier molecular flexibility index (Phi) is 2.88. The van der Waals surface area contributed by atoms with Crippen molar-refractivity contribution in [1.82, 2.24) is 4.98 Å². The molecule has 0 spiro atoms. The Hall–Kier alpha value is -2.42. The van der Waals surface area contributed by atoms with E-state index in [0.29, 0.717) is 22.4 Å². The van der Waals surface area contributed by atoms with Crippen molar-refractivity contribution in [3.05, 3.63) is 72.4 Å². The van der Waals surface area contributed by atoms with Crippen LogP contribution in [0.2, 0.25) is 0 Å². The van der Waals surface area contributed by atoms with E-state index in [1.165, 1.54) is 12.1 Å². The summed E-state index contributed by atoms with van der Waals surface area (Å²) in [7, 11) is 0. The zero-order chi connectivity index (χ0) is 13.2. The van der Waals surface area contributed by atoms with Gasteiger partial charge in [-0.15, -0.1) is 0 Å². The molecule has 0 aliphatic carbocycles. The molecule has 1 nitrogen and oxygen atoms in total. The lowest BCUT2D eigenvalue weighted by molar-refractivity contribution is 0.631. The van der Waals surface area contributed by atoms with E-state index >= 15 is 0 Å². The first kappa shape index (κ1) is 11.7. The number of benzene rings is 2. The average Bonchev–Trinajstić information content (AvgIpc) is 2.89. The molecule has 3 aromatic rings. The summed E-state index contributed by atoms with van der Waals surface area (Å²) < 4.78 is 27.4. The van der Waals surface area contributed by atoms with Crippen LogP contribution < -0.4 is 0 Å². The third-order valence-corrected chi connectivity index (χ3v) is 3.03. The van der Waals surface area contributed by atoms with Crippen LogP contribution in [0.25, 0.3) is 22.4 Å². The van der Waals surface area contributed by atoms with Crippen molar-refractivity contribution in [3.8, 4) is 22.4 Å². The molecule has 2 aromatic carbocycles. The van der Waals surface area contributed by atoms with Gasteiger partial charge in [-0.2, -0.15) is 0 Å². The van der Waals surface area contributed by atoms with Crippen molar-refractivity contribution < 1.29 is 8.78 Å². The number of rotatable bonds is 2. The van der Waals surface area contributed by atoms with Crippen LogP contribution in [-0.2, 0) is 0 Å². The van der Waals surface area contributed by atoms with Gasteiger partial charge in [-0.25, -0.2) is 8.78 Å². The van der Waals surface area contributed by atoms with Crippen LogP contribution in [0.5, 0.6) is 0 Å². The third kappa shape index (κ3) is 2.15. The lowest BCUT2D eigenvalue weighted by atomic mass is 10.1. The first-order chi connectivity index (χ1) is 9.25. The molecule has 0 amide bonds. The minimum atomic E-state index is -0.301. The van der Waals surface area contributed by atoms with Crippen molar-refractivity contribution in [2.75, 3.05) is 0 Å². The zero-order valence-corrected chi connectivity index (χ0v) is 10.0. The van der Waals surface area contributed by atoms with Crippen LogP contribution >= 0.6 is 0 Å². The van der Waals surface area contributed by atoms with Gasteiger partial charge in [0, 0.05) is 28.6 Å². The van der Waals surface area contributed by atoms with E-state index in [0.717, 1.165) is 0 Å². The molecule has 0 saturated heterocycles. The van der Waals surface area contributed by atoms with Gasteiger partial charge in [0.2, 0.25) is 0 Å². The molecular weight excluding hydrogens is 244 g/mol. The first-order valence-electron chi connectivity index (χ1n) is 5.94. The lowest BCUT2D eigenvalue weighted by Gasteiger charge is -2.00. The van der Waals surface area contributed by atoms with Crippen molar-refractivity contribution in [3.63, 3.8) is 0 Å². The van der Waals surface area contributed by atoms with E-state index in [9.17, 15) is 8.78 Å². The first-order valence-corrected chi connectivity index (χ1v) is 5.94. The molecule has 94 valence electrons. The summed E-state index contributed by atoms with van der Waals surface area (Å²) in [5.41, 5.74) is 2.32. The fraction of sp³-hybridized carbons (Fsp3) is 0. The topological polar surface area (TPSA) is 15.8 Å². The van der Waals surface area contributed by atoms with Gasteiger partial charge in [0.05, 0.1) is 0 Å². The molecule has 0 unspecified atom stereocenters. The molecule has 1 heterocycles. The van der Waals surface area contributed by atoms with Gasteiger partial charge in [-0.05, 0) is 24.3 Å². The summed E-state index contributed by atoms with van der Waals surface area (Å²) >= 11 is 0. The van der Waals surface area contributed by atoms with E-state index in [4.69, 9.17) is 0 Å². The summed E-state index contributed by atoms with van der Waals surface area (Å²) in [6.07, 6.45) is 1.68. The summed E-state index contributed by atoms with van der Waals surface area (Å²) in [5, 5.41) is 0. The number of aromatic amines is 1. The molecule has 0 bridgehead atoms. The number of halogens is 2. The Balaban J connectivity index is 2.06. The van der Waals surface area contributed by atoms with Crippen LogP contribution in [0.4, 0.5) is 8.78 Å². The van der Waals surface area contributed by atoms with E-state index in [2.05, 4.69) is 4.98 Å². The predicted octanol–water partition coefficient (Wildman–Crippen LogP) is 4.63. The molecule has 0 radical (unpaired) electrons. The summed E-state index contributed by atoms with van der Waals surface area (Å²) in [6.45, 7) is 0. The molecule has 3 heteroatoms. The van der Waals surface area contributed by atoms with Gasteiger partial charge >= 0.3 is 0 Å². The van der Waals surface area contributed by atoms with Crippen LogP contribution in [0.3, 0.4) is 0 Å². The van der Waals surface area contributed by atoms with Crippen LogP contribution in [0, 0.1) is 11.6 Å². The van der Waals surface area contributed by atoms with Crippen molar-refractivity contribution in [2.24, 2.45) is 0 Å². The van der Waals surface area contributed by atoms with Gasteiger partial charge in [-0.1, -0.05) is 30.3 Å². The molecule has 0 aliphatic heterocycles. The van der Waals surface area contributed by atoms with Crippen molar-refractivity contribution in [2.45, 2.75) is 0 Å².